The molecule has 4 heteroatoms. The van der Waals surface area contributed by atoms with Crippen LogP contribution in [0.1, 0.15) is 48.3 Å². The van der Waals surface area contributed by atoms with Gasteiger partial charge in [-0.3, -0.25) is 4.79 Å². The molecule has 0 radical (unpaired) electrons. The summed E-state index contributed by atoms with van der Waals surface area (Å²) >= 11 is 0. The van der Waals surface area contributed by atoms with Gasteiger partial charge in [0.05, 0.1) is 12.2 Å². The van der Waals surface area contributed by atoms with E-state index >= 15 is 0 Å². The van der Waals surface area contributed by atoms with E-state index in [1.54, 1.807) is 0 Å². The Morgan fingerprint density at radius 1 is 0.926 bits per heavy atom. The summed E-state index contributed by atoms with van der Waals surface area (Å²) in [4.78, 5) is 12.6. The van der Waals surface area contributed by atoms with Gasteiger partial charge in [0, 0.05) is 11.3 Å². The Morgan fingerprint density at radius 2 is 1.74 bits per heavy atom. The highest BCUT2D eigenvalue weighted by atomic mass is 16.5. The summed E-state index contributed by atoms with van der Waals surface area (Å²) in [6, 6.07) is 19.9. The Hall–Kier alpha value is -3.01. The third-order valence-corrected chi connectivity index (χ3v) is 4.97. The first-order chi connectivity index (χ1) is 13.3. The van der Waals surface area contributed by atoms with Crippen molar-refractivity contribution in [2.24, 2.45) is 0 Å². The van der Waals surface area contributed by atoms with Crippen molar-refractivity contribution in [3.63, 3.8) is 0 Å². The quantitative estimate of drug-likeness (QED) is 0.589. The summed E-state index contributed by atoms with van der Waals surface area (Å²) in [6.07, 6.45) is 3.00. The summed E-state index contributed by atoms with van der Waals surface area (Å²) < 4.78 is 6.13. The van der Waals surface area contributed by atoms with Crippen LogP contribution in [0, 0.1) is 0 Å². The van der Waals surface area contributed by atoms with Crippen molar-refractivity contribution in [2.75, 3.05) is 11.9 Å². The second-order valence-corrected chi connectivity index (χ2v) is 6.85. The van der Waals surface area contributed by atoms with Crippen LogP contribution < -0.4 is 15.4 Å². The van der Waals surface area contributed by atoms with Crippen LogP contribution in [0.15, 0.2) is 60.7 Å². The summed E-state index contributed by atoms with van der Waals surface area (Å²) in [5.41, 5.74) is 2.49. The van der Waals surface area contributed by atoms with E-state index in [-0.39, 0.29) is 12.1 Å². The Morgan fingerprint density at radius 3 is 2.63 bits per heavy atom. The third kappa shape index (κ3) is 3.47. The second-order valence-electron chi connectivity index (χ2n) is 6.85. The van der Waals surface area contributed by atoms with E-state index in [4.69, 9.17) is 4.74 Å². The van der Waals surface area contributed by atoms with Crippen LogP contribution in [0.3, 0.4) is 0 Å². The second kappa shape index (κ2) is 7.70. The van der Waals surface area contributed by atoms with Crippen molar-refractivity contribution >= 4 is 22.4 Å². The van der Waals surface area contributed by atoms with Crippen molar-refractivity contribution in [3.8, 4) is 5.75 Å². The number of unbranched alkanes of at least 4 members (excludes halogenated alkanes) is 2. The van der Waals surface area contributed by atoms with E-state index in [9.17, 15) is 4.79 Å². The molecule has 4 nitrogen and oxygen atoms in total. The van der Waals surface area contributed by atoms with Crippen molar-refractivity contribution < 1.29 is 9.53 Å². The van der Waals surface area contributed by atoms with E-state index in [0.29, 0.717) is 12.2 Å². The van der Waals surface area contributed by atoms with Gasteiger partial charge in [-0.2, -0.15) is 0 Å². The minimum atomic E-state index is -0.334. The van der Waals surface area contributed by atoms with Gasteiger partial charge >= 0.3 is 0 Å². The molecule has 0 saturated heterocycles. The highest BCUT2D eigenvalue weighted by Crippen LogP contribution is 2.36. The fourth-order valence-electron chi connectivity index (χ4n) is 3.59. The number of hydrogen-bond donors (Lipinski definition) is 2. The number of fused-ring (bicyclic) bond motifs is 2. The maximum atomic E-state index is 12.6. The number of nitrogens with one attached hydrogen (secondary N) is 2. The lowest BCUT2D eigenvalue weighted by molar-refractivity contribution is 0.0935. The van der Waals surface area contributed by atoms with E-state index in [0.717, 1.165) is 47.0 Å². The van der Waals surface area contributed by atoms with E-state index in [1.807, 2.05) is 42.5 Å². The maximum absolute atomic E-state index is 12.6. The zero-order valence-electron chi connectivity index (χ0n) is 15.5. The molecule has 1 unspecified atom stereocenters. The number of carbonyl (C=O) groups excluding carboxylic acids is 1. The number of carbonyl (C=O) groups is 1. The highest BCUT2D eigenvalue weighted by molar-refractivity contribution is 6.02. The molecule has 1 aliphatic heterocycles. The number of anilines is 1. The molecule has 27 heavy (non-hydrogen) atoms. The van der Waals surface area contributed by atoms with Crippen LogP contribution in [0.5, 0.6) is 5.75 Å². The number of para-hydroxylation sites is 1. The minimum Gasteiger partial charge on any atom is -0.493 e. The minimum absolute atomic E-state index is 0.0702. The van der Waals surface area contributed by atoms with Gasteiger partial charge in [-0.05, 0) is 35.4 Å². The molecule has 0 bridgehead atoms. The molecule has 4 rings (SSSR count). The molecule has 1 atom stereocenters. The fourth-order valence-corrected chi connectivity index (χ4v) is 3.59. The van der Waals surface area contributed by atoms with E-state index in [2.05, 4.69) is 35.8 Å². The number of rotatable bonds is 6. The van der Waals surface area contributed by atoms with Gasteiger partial charge < -0.3 is 15.4 Å². The zero-order chi connectivity index (χ0) is 18.6. The molecular formula is C23H24N2O2. The molecule has 2 N–H and O–H groups in total. The lowest BCUT2D eigenvalue weighted by Crippen LogP contribution is -2.38. The average molecular weight is 360 g/mol. The van der Waals surface area contributed by atoms with Gasteiger partial charge in [-0.15, -0.1) is 0 Å². The summed E-state index contributed by atoms with van der Waals surface area (Å²) in [5, 5.41) is 8.77. The Balaban J connectivity index is 1.74. The Bertz CT molecular complexity index is 968. The molecule has 138 valence electrons. The van der Waals surface area contributed by atoms with E-state index < -0.39 is 0 Å². The number of ether oxygens (including phenoxy) is 1. The van der Waals surface area contributed by atoms with Gasteiger partial charge in [0.1, 0.15) is 11.9 Å². The van der Waals surface area contributed by atoms with Crippen LogP contribution >= 0.6 is 0 Å². The smallest absolute Gasteiger partial charge is 0.255 e. The van der Waals surface area contributed by atoms with Crippen molar-refractivity contribution in [2.45, 2.75) is 32.4 Å². The van der Waals surface area contributed by atoms with Crippen LogP contribution in [0.25, 0.3) is 10.8 Å². The van der Waals surface area contributed by atoms with Gasteiger partial charge in [-0.25, -0.2) is 0 Å². The molecule has 0 fully saturated rings. The molecule has 0 aliphatic carbocycles. The van der Waals surface area contributed by atoms with Crippen molar-refractivity contribution in [1.82, 2.24) is 5.32 Å². The number of hydrogen-bond acceptors (Lipinski definition) is 3. The van der Waals surface area contributed by atoms with Crippen LogP contribution in [-0.2, 0) is 0 Å². The Labute approximate surface area is 159 Å². The molecule has 0 saturated carbocycles. The molecule has 3 aromatic carbocycles. The first kappa shape index (κ1) is 17.4. The topological polar surface area (TPSA) is 50.4 Å². The predicted molar refractivity (Wildman–Crippen MR) is 109 cm³/mol. The monoisotopic (exact) mass is 360 g/mol. The largest absolute Gasteiger partial charge is 0.493 e. The SMILES string of the molecule is CCCCCOc1ccc2ccccc2c1C1NC(=O)c2ccccc2N1. The van der Waals surface area contributed by atoms with Crippen molar-refractivity contribution in [1.29, 1.82) is 0 Å². The number of amides is 1. The van der Waals surface area contributed by atoms with Gasteiger partial charge in [-0.1, -0.05) is 62.2 Å². The van der Waals surface area contributed by atoms with Crippen LogP contribution in [0.4, 0.5) is 5.69 Å². The summed E-state index contributed by atoms with van der Waals surface area (Å²) in [7, 11) is 0. The molecule has 3 aromatic rings. The first-order valence-electron chi connectivity index (χ1n) is 9.59. The van der Waals surface area contributed by atoms with Crippen LogP contribution in [-0.4, -0.2) is 12.5 Å². The zero-order valence-corrected chi connectivity index (χ0v) is 15.5. The fraction of sp³-hybridized carbons (Fsp3) is 0.261. The van der Waals surface area contributed by atoms with Gasteiger partial charge in [0.15, 0.2) is 0 Å². The van der Waals surface area contributed by atoms with Gasteiger partial charge in [0.2, 0.25) is 0 Å². The molecule has 1 heterocycles. The van der Waals surface area contributed by atoms with Crippen LogP contribution in [0.2, 0.25) is 0 Å². The maximum Gasteiger partial charge on any atom is 0.255 e. The molecule has 0 spiro atoms. The molecule has 1 aliphatic rings. The van der Waals surface area contributed by atoms with Crippen molar-refractivity contribution in [3.05, 3.63) is 71.8 Å². The lowest BCUT2D eigenvalue weighted by atomic mass is 9.98. The average Bonchev–Trinajstić information content (AvgIpc) is 2.71. The summed E-state index contributed by atoms with van der Waals surface area (Å²) in [5.74, 6) is 0.751. The standard InChI is InChI=1S/C23H24N2O2/c1-2-3-8-15-27-20-14-13-16-9-4-5-10-17(16)21(20)22-24-19-12-7-6-11-18(19)23(26)25-22/h4-7,9-14,22,24H,2-3,8,15H2,1H3,(H,25,26). The summed E-state index contributed by atoms with van der Waals surface area (Å²) in [6.45, 7) is 2.86. The highest BCUT2D eigenvalue weighted by Gasteiger charge is 2.27. The van der Waals surface area contributed by atoms with E-state index in [1.165, 1.54) is 0 Å². The predicted octanol–water partition coefficient (Wildman–Crippen LogP) is 5.26. The lowest BCUT2D eigenvalue weighted by Gasteiger charge is -2.30. The third-order valence-electron chi connectivity index (χ3n) is 4.97. The molecule has 0 aromatic heterocycles. The first-order valence-corrected chi connectivity index (χ1v) is 9.59. The number of benzene rings is 3. The Kier molecular flexibility index (Phi) is 4.97. The van der Waals surface area contributed by atoms with Gasteiger partial charge in [0.25, 0.3) is 5.91 Å². The molecular weight excluding hydrogens is 336 g/mol. The normalized spacial score (nSPS) is 15.7. The molecule has 1 amide bonds.